The lowest BCUT2D eigenvalue weighted by molar-refractivity contribution is -0.136. The van der Waals surface area contributed by atoms with Crippen molar-refractivity contribution in [1.29, 1.82) is 0 Å². The Hall–Kier alpha value is -4.87. The van der Waals surface area contributed by atoms with Crippen molar-refractivity contribution in [2.45, 2.75) is 75.5 Å². The monoisotopic (exact) mass is 632 g/mol. The quantitative estimate of drug-likeness (QED) is 0.186. The van der Waals surface area contributed by atoms with Gasteiger partial charge in [-0.05, 0) is 62.1 Å². The Morgan fingerprint density at radius 2 is 1.74 bits per heavy atom. The summed E-state index contributed by atoms with van der Waals surface area (Å²) in [6.45, 7) is 0. The van der Waals surface area contributed by atoms with E-state index >= 15 is 0 Å². The van der Waals surface area contributed by atoms with Crippen LogP contribution in [0.1, 0.15) is 79.8 Å². The first-order chi connectivity index (χ1) is 22.1. The molecule has 238 valence electrons. The van der Waals surface area contributed by atoms with Crippen LogP contribution in [0.2, 0.25) is 0 Å². The van der Waals surface area contributed by atoms with Gasteiger partial charge >= 0.3 is 11.8 Å². The van der Waals surface area contributed by atoms with Crippen molar-refractivity contribution >= 4 is 39.5 Å². The largest absolute Gasteiger partial charge is 0.472 e. The summed E-state index contributed by atoms with van der Waals surface area (Å²) >= 11 is 0. The molecular formula is C34H31F3N4O5. The van der Waals surface area contributed by atoms with Gasteiger partial charge in [-0.1, -0.05) is 32.1 Å². The van der Waals surface area contributed by atoms with Crippen LogP contribution in [-0.2, 0) is 11.0 Å². The lowest BCUT2D eigenvalue weighted by atomic mass is 9.94. The van der Waals surface area contributed by atoms with Crippen LogP contribution in [0.5, 0.6) is 0 Å². The molecule has 0 unspecified atom stereocenters. The minimum Gasteiger partial charge on any atom is -0.472 e. The smallest absolute Gasteiger partial charge is 0.417 e. The summed E-state index contributed by atoms with van der Waals surface area (Å²) in [5.41, 5.74) is -0.879. The van der Waals surface area contributed by atoms with Gasteiger partial charge in [0.1, 0.15) is 23.2 Å². The van der Waals surface area contributed by atoms with Crippen molar-refractivity contribution in [2.75, 3.05) is 5.32 Å². The Labute approximate surface area is 260 Å². The Bertz CT molecular complexity index is 2000. The van der Waals surface area contributed by atoms with Gasteiger partial charge < -0.3 is 24.0 Å². The van der Waals surface area contributed by atoms with Gasteiger partial charge in [-0.15, -0.1) is 0 Å². The van der Waals surface area contributed by atoms with Gasteiger partial charge in [0.05, 0.1) is 28.4 Å². The maximum Gasteiger partial charge on any atom is 0.417 e. The molecule has 3 heterocycles. The molecule has 12 heteroatoms. The standard InChI is InChI=1S/C34H31F3N4O5/c35-34(36,37)25-18-29(42)46-28-17-22(9-10-24(25)28)38-32(44)33(13-4-5-14-33)40-31(43)20-8-11-27-26(16-20)39-30(21-12-15-45-19-21)41(27)23-6-2-1-3-7-23/h8-12,15-19,23H,1-7,13-14H2,(H,38,44)(H,40,43). The van der Waals surface area contributed by atoms with E-state index in [1.807, 2.05) is 12.1 Å². The number of hydrogen-bond donors (Lipinski definition) is 2. The molecule has 2 saturated carbocycles. The summed E-state index contributed by atoms with van der Waals surface area (Å²) in [6, 6.07) is 11.6. The molecule has 9 nitrogen and oxygen atoms in total. The third-order valence-corrected chi connectivity index (χ3v) is 9.22. The number of fused-ring (bicyclic) bond motifs is 2. The second-order valence-electron chi connectivity index (χ2n) is 12.2. The van der Waals surface area contributed by atoms with Crippen LogP contribution in [0.15, 0.2) is 74.7 Å². The highest BCUT2D eigenvalue weighted by molar-refractivity contribution is 6.05. The number of benzene rings is 2. The van der Waals surface area contributed by atoms with Crippen molar-refractivity contribution in [1.82, 2.24) is 14.9 Å². The molecule has 2 fully saturated rings. The van der Waals surface area contributed by atoms with E-state index in [1.165, 1.54) is 18.6 Å². The van der Waals surface area contributed by atoms with E-state index in [-0.39, 0.29) is 22.7 Å². The Balaban J connectivity index is 1.16. The number of hydrogen-bond acceptors (Lipinski definition) is 6. The zero-order valence-electron chi connectivity index (χ0n) is 24.8. The molecule has 0 aliphatic heterocycles. The van der Waals surface area contributed by atoms with Crippen LogP contribution in [0.3, 0.4) is 0 Å². The van der Waals surface area contributed by atoms with Gasteiger partial charge in [0.15, 0.2) is 0 Å². The van der Waals surface area contributed by atoms with Gasteiger partial charge in [0, 0.05) is 34.8 Å². The topological polar surface area (TPSA) is 119 Å². The molecule has 7 rings (SSSR count). The highest BCUT2D eigenvalue weighted by Crippen LogP contribution is 2.38. The first kappa shape index (κ1) is 29.8. The fraction of sp³-hybridized carbons (Fsp3) is 0.353. The van der Waals surface area contributed by atoms with E-state index in [9.17, 15) is 27.6 Å². The molecule has 2 amide bonds. The van der Waals surface area contributed by atoms with Crippen LogP contribution in [-0.4, -0.2) is 26.9 Å². The summed E-state index contributed by atoms with van der Waals surface area (Å²) in [6.07, 6.45) is 6.27. The summed E-state index contributed by atoms with van der Waals surface area (Å²) in [5, 5.41) is 5.38. The van der Waals surface area contributed by atoms with Crippen molar-refractivity contribution in [2.24, 2.45) is 0 Å². The third-order valence-electron chi connectivity index (χ3n) is 9.22. The fourth-order valence-corrected chi connectivity index (χ4v) is 6.95. The van der Waals surface area contributed by atoms with Crippen LogP contribution in [0, 0.1) is 0 Å². The molecule has 5 aromatic rings. The van der Waals surface area contributed by atoms with E-state index in [2.05, 4.69) is 15.2 Å². The molecule has 0 radical (unpaired) electrons. The van der Waals surface area contributed by atoms with Crippen molar-refractivity contribution in [3.05, 3.63) is 82.6 Å². The van der Waals surface area contributed by atoms with Crippen LogP contribution in [0.25, 0.3) is 33.4 Å². The van der Waals surface area contributed by atoms with Crippen LogP contribution in [0.4, 0.5) is 18.9 Å². The number of furan rings is 1. The molecule has 2 aromatic carbocycles. The van der Waals surface area contributed by atoms with Gasteiger partial charge in [0.2, 0.25) is 5.91 Å². The number of halogens is 3. The molecule has 2 aliphatic rings. The Morgan fingerprint density at radius 3 is 2.46 bits per heavy atom. The number of amides is 2. The lowest BCUT2D eigenvalue weighted by Crippen LogP contribution is -2.55. The first-order valence-electron chi connectivity index (χ1n) is 15.4. The predicted molar refractivity (Wildman–Crippen MR) is 164 cm³/mol. The maximum absolute atomic E-state index is 13.7. The highest BCUT2D eigenvalue weighted by Gasteiger charge is 2.43. The SMILES string of the molecule is O=C(NC1(C(=O)Nc2ccc3c(C(F)(F)F)cc(=O)oc3c2)CCCC1)c1ccc2c(c1)nc(-c1ccoc1)n2C1CCCCC1. The molecule has 2 N–H and O–H groups in total. The van der Waals surface area contributed by atoms with E-state index in [0.29, 0.717) is 42.8 Å². The average Bonchev–Trinajstić information content (AvgIpc) is 3.81. The van der Waals surface area contributed by atoms with Crippen molar-refractivity contribution in [3.8, 4) is 11.4 Å². The zero-order valence-corrected chi connectivity index (χ0v) is 24.8. The molecule has 2 aliphatic carbocycles. The molecule has 46 heavy (non-hydrogen) atoms. The molecule has 0 saturated heterocycles. The zero-order chi connectivity index (χ0) is 32.1. The Kier molecular flexibility index (Phi) is 7.45. The first-order valence-corrected chi connectivity index (χ1v) is 15.4. The van der Waals surface area contributed by atoms with Gasteiger partial charge in [-0.3, -0.25) is 9.59 Å². The van der Waals surface area contributed by atoms with Crippen LogP contribution >= 0.6 is 0 Å². The molecule has 0 spiro atoms. The van der Waals surface area contributed by atoms with Gasteiger partial charge in [-0.25, -0.2) is 9.78 Å². The normalized spacial score (nSPS) is 17.0. The van der Waals surface area contributed by atoms with Gasteiger partial charge in [0.25, 0.3) is 5.91 Å². The maximum atomic E-state index is 13.7. The van der Waals surface area contributed by atoms with Crippen molar-refractivity contribution in [3.63, 3.8) is 0 Å². The highest BCUT2D eigenvalue weighted by atomic mass is 19.4. The third kappa shape index (κ3) is 5.45. The number of anilines is 1. The minimum atomic E-state index is -4.75. The summed E-state index contributed by atoms with van der Waals surface area (Å²) in [4.78, 5) is 44.1. The number of nitrogens with one attached hydrogen (secondary N) is 2. The van der Waals surface area contributed by atoms with E-state index in [1.54, 1.807) is 24.7 Å². The van der Waals surface area contributed by atoms with E-state index in [0.717, 1.165) is 48.7 Å². The lowest BCUT2D eigenvalue weighted by Gasteiger charge is -2.29. The molecule has 0 bridgehead atoms. The summed E-state index contributed by atoms with van der Waals surface area (Å²) in [5.74, 6) is -0.152. The van der Waals surface area contributed by atoms with Gasteiger partial charge in [-0.2, -0.15) is 13.2 Å². The van der Waals surface area contributed by atoms with E-state index < -0.39 is 34.7 Å². The second kappa shape index (κ2) is 11.5. The molecule has 0 atom stereocenters. The molecule has 3 aromatic heterocycles. The molecular weight excluding hydrogens is 601 g/mol. The number of nitrogens with zero attached hydrogens (tertiary/aromatic N) is 2. The number of carbonyl (C=O) groups is 2. The number of aromatic nitrogens is 2. The summed E-state index contributed by atoms with van der Waals surface area (Å²) in [7, 11) is 0. The fourth-order valence-electron chi connectivity index (χ4n) is 6.95. The minimum absolute atomic E-state index is 0.141. The summed E-state index contributed by atoms with van der Waals surface area (Å²) < 4.78 is 53.0. The number of carbonyl (C=O) groups excluding carboxylic acids is 2. The number of alkyl halides is 3. The second-order valence-corrected chi connectivity index (χ2v) is 12.2. The Morgan fingerprint density at radius 1 is 0.957 bits per heavy atom. The van der Waals surface area contributed by atoms with E-state index in [4.69, 9.17) is 13.8 Å². The predicted octanol–water partition coefficient (Wildman–Crippen LogP) is 7.61. The number of imidazole rings is 1. The average molecular weight is 633 g/mol. The van der Waals surface area contributed by atoms with Crippen molar-refractivity contribution < 1.29 is 31.6 Å². The number of rotatable bonds is 6. The van der Waals surface area contributed by atoms with Crippen LogP contribution < -0.4 is 16.3 Å².